The minimum absolute atomic E-state index is 0.00304. The van der Waals surface area contributed by atoms with Crippen LogP contribution in [0.3, 0.4) is 0 Å². The molecule has 4 rings (SSSR count). The van der Waals surface area contributed by atoms with E-state index >= 15 is 0 Å². The minimum Gasteiger partial charge on any atom is -0.454 e. The number of nitrogens with one attached hydrogen (secondary N) is 1. The highest BCUT2D eigenvalue weighted by Gasteiger charge is 2.38. The summed E-state index contributed by atoms with van der Waals surface area (Å²) in [4.78, 5) is 40.7. The van der Waals surface area contributed by atoms with Crippen LogP contribution in [0.1, 0.15) is 59.0 Å². The van der Waals surface area contributed by atoms with Gasteiger partial charge in [0.2, 0.25) is 12.7 Å². The van der Waals surface area contributed by atoms with E-state index in [-0.39, 0.29) is 28.7 Å². The monoisotopic (exact) mass is 527 g/mol. The maximum atomic E-state index is 14.1. The number of carbonyl (C=O) groups excluding carboxylic acids is 3. The number of anilines is 2. The van der Waals surface area contributed by atoms with Crippen LogP contribution in [0.15, 0.2) is 42.5 Å². The van der Waals surface area contributed by atoms with E-state index in [0.717, 1.165) is 0 Å². The smallest absolute Gasteiger partial charge is 0.273 e. The number of aromatic nitrogens is 1. The summed E-state index contributed by atoms with van der Waals surface area (Å²) in [6.07, 6.45) is 0.608. The van der Waals surface area contributed by atoms with Crippen LogP contribution < -0.4 is 31.2 Å². The van der Waals surface area contributed by atoms with Gasteiger partial charge in [0, 0.05) is 17.3 Å². The molecule has 0 aliphatic carbocycles. The molecule has 2 aromatic carbocycles. The van der Waals surface area contributed by atoms with Crippen LogP contribution >= 0.6 is 11.5 Å². The SMILES string of the molecule is CCC(C)(C)NC(=O)[C@@H](c1ccc(F)cc1)N(C(=O)c1snc(C(N)=O)c1N)c1ccc2c(c1)OCO2. The Bertz CT molecular complexity index is 1360. The van der Waals surface area contributed by atoms with Crippen molar-refractivity contribution >= 4 is 40.6 Å². The summed E-state index contributed by atoms with van der Waals surface area (Å²) >= 11 is 0.691. The van der Waals surface area contributed by atoms with Gasteiger partial charge in [-0.2, -0.15) is 4.37 Å². The standard InChI is InChI=1S/C25H26FN5O5S/c1-4-25(2,3)29-23(33)20(13-5-7-14(26)8-6-13)31(15-9-10-16-17(11-15)36-12-35-16)24(34)21-18(27)19(22(28)32)30-37-21/h5-11,20H,4,12,27H2,1-3H3,(H2,28,32)(H,29,33)/t20-/m1/s1. The van der Waals surface area contributed by atoms with Gasteiger partial charge in [0.25, 0.3) is 11.8 Å². The van der Waals surface area contributed by atoms with Crippen LogP contribution in [0.2, 0.25) is 0 Å². The predicted octanol–water partition coefficient (Wildman–Crippen LogP) is 3.38. The summed E-state index contributed by atoms with van der Waals surface area (Å²) in [6, 6.07) is 8.77. The molecule has 10 nitrogen and oxygen atoms in total. The molecule has 0 unspecified atom stereocenters. The van der Waals surface area contributed by atoms with Gasteiger partial charge in [0.05, 0.1) is 5.69 Å². The number of ether oxygens (including phenoxy) is 2. The molecular formula is C25H26FN5O5S. The molecule has 0 spiro atoms. The molecule has 12 heteroatoms. The van der Waals surface area contributed by atoms with Gasteiger partial charge in [-0.1, -0.05) is 19.1 Å². The summed E-state index contributed by atoms with van der Waals surface area (Å²) in [7, 11) is 0. The van der Waals surface area contributed by atoms with Gasteiger partial charge in [-0.3, -0.25) is 19.3 Å². The van der Waals surface area contributed by atoms with E-state index in [1.165, 1.54) is 29.2 Å². The first-order valence-electron chi connectivity index (χ1n) is 11.4. The second-order valence-electron chi connectivity index (χ2n) is 9.03. The number of amides is 3. The molecule has 1 aromatic heterocycles. The van der Waals surface area contributed by atoms with Crippen molar-refractivity contribution in [3.05, 3.63) is 64.4 Å². The van der Waals surface area contributed by atoms with E-state index in [9.17, 15) is 18.8 Å². The van der Waals surface area contributed by atoms with E-state index in [2.05, 4.69) is 9.69 Å². The second kappa shape index (κ2) is 10.1. The summed E-state index contributed by atoms with van der Waals surface area (Å²) < 4.78 is 28.6. The maximum Gasteiger partial charge on any atom is 0.273 e. The average Bonchev–Trinajstić information content (AvgIpc) is 3.48. The van der Waals surface area contributed by atoms with Crippen LogP contribution in [0.5, 0.6) is 11.5 Å². The number of hydrogen-bond donors (Lipinski definition) is 3. The summed E-state index contributed by atoms with van der Waals surface area (Å²) in [5.41, 5.74) is 11.0. The van der Waals surface area contributed by atoms with Crippen molar-refractivity contribution in [2.24, 2.45) is 5.73 Å². The van der Waals surface area contributed by atoms with Crippen molar-refractivity contribution in [2.45, 2.75) is 38.8 Å². The number of fused-ring (bicyclic) bond motifs is 1. The van der Waals surface area contributed by atoms with Gasteiger partial charge >= 0.3 is 0 Å². The van der Waals surface area contributed by atoms with Gasteiger partial charge < -0.3 is 26.3 Å². The maximum absolute atomic E-state index is 14.1. The number of nitrogens with zero attached hydrogens (tertiary/aromatic N) is 2. The van der Waals surface area contributed by atoms with E-state index in [4.69, 9.17) is 20.9 Å². The highest BCUT2D eigenvalue weighted by atomic mass is 32.1. The Morgan fingerprint density at radius 2 is 1.84 bits per heavy atom. The quantitative estimate of drug-likeness (QED) is 0.406. The molecule has 3 amide bonds. The fourth-order valence-electron chi connectivity index (χ4n) is 3.71. The molecule has 0 fully saturated rings. The van der Waals surface area contributed by atoms with Crippen molar-refractivity contribution < 1.29 is 28.2 Å². The Hall–Kier alpha value is -4.19. The third kappa shape index (κ3) is 5.19. The van der Waals surface area contributed by atoms with Crippen molar-refractivity contribution in [1.82, 2.24) is 9.69 Å². The van der Waals surface area contributed by atoms with Crippen molar-refractivity contribution in [3.63, 3.8) is 0 Å². The lowest BCUT2D eigenvalue weighted by Gasteiger charge is -2.34. The van der Waals surface area contributed by atoms with Gasteiger partial charge in [0.1, 0.15) is 16.7 Å². The zero-order valence-electron chi connectivity index (χ0n) is 20.4. The molecule has 2 heterocycles. The van der Waals surface area contributed by atoms with Crippen LogP contribution in [-0.4, -0.2) is 34.4 Å². The molecule has 5 N–H and O–H groups in total. The van der Waals surface area contributed by atoms with Gasteiger partial charge in [-0.05, 0) is 61.6 Å². The Morgan fingerprint density at radius 1 is 1.16 bits per heavy atom. The molecule has 194 valence electrons. The van der Waals surface area contributed by atoms with E-state index in [1.54, 1.807) is 18.2 Å². The molecule has 1 atom stereocenters. The second-order valence-corrected chi connectivity index (χ2v) is 9.81. The van der Waals surface area contributed by atoms with Crippen molar-refractivity contribution in [3.8, 4) is 11.5 Å². The largest absolute Gasteiger partial charge is 0.454 e. The normalized spacial score (nSPS) is 13.2. The summed E-state index contributed by atoms with van der Waals surface area (Å²) in [6.45, 7) is 5.61. The van der Waals surface area contributed by atoms with Gasteiger partial charge in [-0.15, -0.1) is 0 Å². The van der Waals surface area contributed by atoms with E-state index in [1.807, 2.05) is 20.8 Å². The molecule has 1 aliphatic rings. The number of nitrogens with two attached hydrogens (primary N) is 2. The predicted molar refractivity (Wildman–Crippen MR) is 136 cm³/mol. The van der Waals surface area contributed by atoms with Crippen LogP contribution in [0, 0.1) is 5.82 Å². The molecule has 0 saturated heterocycles. The summed E-state index contributed by atoms with van der Waals surface area (Å²) in [5.74, 6) is -1.77. The fraction of sp³-hybridized carbons (Fsp3) is 0.280. The molecule has 3 aromatic rings. The fourth-order valence-corrected chi connectivity index (χ4v) is 4.45. The molecule has 0 saturated carbocycles. The number of primary amides is 1. The highest BCUT2D eigenvalue weighted by Crippen LogP contribution is 2.40. The van der Waals surface area contributed by atoms with Crippen LogP contribution in [-0.2, 0) is 4.79 Å². The zero-order chi connectivity index (χ0) is 26.9. The Kier molecular flexibility index (Phi) is 7.03. The van der Waals surface area contributed by atoms with Gasteiger partial charge in [0.15, 0.2) is 17.2 Å². The molecule has 37 heavy (non-hydrogen) atoms. The van der Waals surface area contributed by atoms with Gasteiger partial charge in [-0.25, -0.2) is 4.39 Å². The third-order valence-corrected chi connectivity index (χ3v) is 6.90. The lowest BCUT2D eigenvalue weighted by atomic mass is 9.98. The van der Waals surface area contributed by atoms with Crippen molar-refractivity contribution in [2.75, 3.05) is 17.4 Å². The molecule has 1 aliphatic heterocycles. The Labute approximate surface area is 216 Å². The average molecular weight is 528 g/mol. The number of halogens is 1. The highest BCUT2D eigenvalue weighted by molar-refractivity contribution is 7.09. The summed E-state index contributed by atoms with van der Waals surface area (Å²) in [5, 5.41) is 2.97. The lowest BCUT2D eigenvalue weighted by Crippen LogP contribution is -2.50. The van der Waals surface area contributed by atoms with E-state index in [0.29, 0.717) is 35.0 Å². The Balaban J connectivity index is 1.91. The van der Waals surface area contributed by atoms with Crippen LogP contribution in [0.4, 0.5) is 15.8 Å². The molecule has 0 bridgehead atoms. The number of carbonyl (C=O) groups is 3. The molecule has 0 radical (unpaired) electrons. The van der Waals surface area contributed by atoms with E-state index < -0.39 is 35.1 Å². The number of benzene rings is 2. The topological polar surface area (TPSA) is 150 Å². The molecular weight excluding hydrogens is 501 g/mol. The first-order valence-corrected chi connectivity index (χ1v) is 12.2. The number of hydrogen-bond acceptors (Lipinski definition) is 8. The van der Waals surface area contributed by atoms with Crippen molar-refractivity contribution in [1.29, 1.82) is 0 Å². The zero-order valence-corrected chi connectivity index (χ0v) is 21.2. The Morgan fingerprint density at radius 3 is 2.46 bits per heavy atom. The minimum atomic E-state index is -1.25. The first-order chi connectivity index (χ1) is 17.5. The number of rotatable bonds is 8. The number of nitrogen functional groups attached to an aromatic ring is 1. The lowest BCUT2D eigenvalue weighted by molar-refractivity contribution is -0.124. The van der Waals surface area contributed by atoms with Crippen LogP contribution in [0.25, 0.3) is 0 Å². The first kappa shape index (κ1) is 25.9. The third-order valence-electron chi connectivity index (χ3n) is 6.05.